The van der Waals surface area contributed by atoms with Crippen molar-refractivity contribution in [2.24, 2.45) is 5.92 Å². The monoisotopic (exact) mass is 299 g/mol. The van der Waals surface area contributed by atoms with Gasteiger partial charge in [-0.25, -0.2) is 0 Å². The van der Waals surface area contributed by atoms with E-state index in [0.717, 1.165) is 0 Å². The Balaban J connectivity index is 2.47. The molecule has 0 N–H and O–H groups in total. The number of piperazine rings is 1. The van der Waals surface area contributed by atoms with Gasteiger partial charge in [0.1, 0.15) is 0 Å². The topological polar surface area (TPSA) is 91.4 Å². The Morgan fingerprint density at radius 2 is 1.80 bits per heavy atom. The molecular weight excluding hydrogens is 278 g/mol. The second-order valence-electron chi connectivity index (χ2n) is 5.01. The maximum absolute atomic E-state index is 12.0. The summed E-state index contributed by atoms with van der Waals surface area (Å²) < 4.78 is 26.6. The van der Waals surface area contributed by atoms with Crippen molar-refractivity contribution in [1.82, 2.24) is 13.5 Å². The Morgan fingerprint density at radius 1 is 1.20 bits per heavy atom. The Bertz CT molecular complexity index is 483. The Kier molecular flexibility index (Phi) is 6.37. The predicted octanol–water partition coefficient (Wildman–Crippen LogP) is -0.146. The van der Waals surface area contributed by atoms with E-state index in [1.54, 1.807) is 0 Å². The van der Waals surface area contributed by atoms with Crippen molar-refractivity contribution < 1.29 is 8.42 Å². The summed E-state index contributed by atoms with van der Waals surface area (Å²) in [6.45, 7) is 2.73. The van der Waals surface area contributed by atoms with Gasteiger partial charge in [-0.15, -0.1) is 0 Å². The number of hydrogen-bond acceptors (Lipinski definition) is 5. The molecule has 8 heteroatoms. The summed E-state index contributed by atoms with van der Waals surface area (Å²) in [7, 11) is -0.293. The average molecular weight is 299 g/mol. The summed E-state index contributed by atoms with van der Waals surface area (Å²) in [5, 5.41) is 17.6. The van der Waals surface area contributed by atoms with E-state index in [-0.39, 0.29) is 5.92 Å². The van der Waals surface area contributed by atoms with Crippen LogP contribution in [0.1, 0.15) is 12.8 Å². The molecule has 1 fully saturated rings. The summed E-state index contributed by atoms with van der Waals surface area (Å²) in [4.78, 5) is 2.09. The highest BCUT2D eigenvalue weighted by molar-refractivity contribution is 7.86. The summed E-state index contributed by atoms with van der Waals surface area (Å²) in [5.74, 6) is -0.161. The fourth-order valence-electron chi connectivity index (χ4n) is 2.12. The van der Waals surface area contributed by atoms with Crippen LogP contribution in [0.25, 0.3) is 0 Å². The molecule has 1 saturated heterocycles. The molecule has 1 heterocycles. The van der Waals surface area contributed by atoms with Gasteiger partial charge in [-0.2, -0.15) is 27.6 Å². The van der Waals surface area contributed by atoms with Crippen LogP contribution in [0.15, 0.2) is 0 Å². The standard InChI is InChI=1S/C12H21N5O2S/c1-15(2)20(18,19)17-8-6-16(7-9-17)11-12(10-14)4-3-5-13/h12H,3-4,6-9,11H2,1-2H3/t12-/m1/s1. The minimum Gasteiger partial charge on any atom is -0.299 e. The SMILES string of the molecule is CN(C)S(=O)(=O)N1CCN(C[C@@H](C#N)CCC#N)CC1. The highest BCUT2D eigenvalue weighted by Gasteiger charge is 2.29. The van der Waals surface area contributed by atoms with Crippen molar-refractivity contribution in [2.75, 3.05) is 46.8 Å². The van der Waals surface area contributed by atoms with Crippen LogP contribution in [0.2, 0.25) is 0 Å². The first-order valence-electron chi connectivity index (χ1n) is 6.58. The lowest BCUT2D eigenvalue weighted by molar-refractivity contribution is 0.169. The normalized spacial score (nSPS) is 19.4. The van der Waals surface area contributed by atoms with Crippen LogP contribution in [0, 0.1) is 28.6 Å². The minimum absolute atomic E-state index is 0.161. The number of hydrogen-bond donors (Lipinski definition) is 0. The largest absolute Gasteiger partial charge is 0.299 e. The van der Waals surface area contributed by atoms with Gasteiger partial charge in [0.25, 0.3) is 10.2 Å². The summed E-state index contributed by atoms with van der Waals surface area (Å²) in [6.07, 6.45) is 0.955. The maximum Gasteiger partial charge on any atom is 0.281 e. The molecule has 0 saturated carbocycles. The molecular formula is C12H21N5O2S. The number of rotatable bonds is 6. The van der Waals surface area contributed by atoms with Crippen LogP contribution in [0.5, 0.6) is 0 Å². The predicted molar refractivity (Wildman–Crippen MR) is 74.6 cm³/mol. The maximum atomic E-state index is 12.0. The van der Waals surface area contributed by atoms with Gasteiger partial charge in [0.2, 0.25) is 0 Å². The van der Waals surface area contributed by atoms with E-state index in [2.05, 4.69) is 11.0 Å². The highest BCUT2D eigenvalue weighted by atomic mass is 32.2. The van der Waals surface area contributed by atoms with Gasteiger partial charge >= 0.3 is 0 Å². The molecule has 0 unspecified atom stereocenters. The molecule has 0 aliphatic carbocycles. The van der Waals surface area contributed by atoms with Crippen LogP contribution in [0.3, 0.4) is 0 Å². The van der Waals surface area contributed by atoms with Crippen molar-refractivity contribution >= 4 is 10.2 Å². The molecule has 7 nitrogen and oxygen atoms in total. The first-order chi connectivity index (χ1) is 9.41. The van der Waals surface area contributed by atoms with Crippen LogP contribution in [0.4, 0.5) is 0 Å². The minimum atomic E-state index is -3.34. The molecule has 1 rings (SSSR count). The number of nitrogens with zero attached hydrogens (tertiary/aromatic N) is 5. The number of nitriles is 2. The van der Waals surface area contributed by atoms with Crippen molar-refractivity contribution in [3.63, 3.8) is 0 Å². The zero-order valence-electron chi connectivity index (χ0n) is 12.0. The van der Waals surface area contributed by atoms with E-state index in [9.17, 15) is 8.42 Å². The van der Waals surface area contributed by atoms with E-state index >= 15 is 0 Å². The van der Waals surface area contributed by atoms with Crippen molar-refractivity contribution in [2.45, 2.75) is 12.8 Å². The average Bonchev–Trinajstić information content (AvgIpc) is 2.43. The molecule has 0 bridgehead atoms. The third kappa shape index (κ3) is 4.43. The van der Waals surface area contributed by atoms with Crippen LogP contribution in [-0.2, 0) is 10.2 Å². The lowest BCUT2D eigenvalue weighted by Gasteiger charge is -2.35. The second kappa shape index (κ2) is 7.55. The lowest BCUT2D eigenvalue weighted by Crippen LogP contribution is -2.52. The van der Waals surface area contributed by atoms with Gasteiger partial charge < -0.3 is 0 Å². The molecule has 1 aliphatic heterocycles. The molecule has 0 amide bonds. The van der Waals surface area contributed by atoms with Gasteiger partial charge in [-0.05, 0) is 6.42 Å². The van der Waals surface area contributed by atoms with Gasteiger partial charge in [-0.1, -0.05) is 0 Å². The van der Waals surface area contributed by atoms with Gasteiger partial charge in [0, 0.05) is 53.2 Å². The van der Waals surface area contributed by atoms with Crippen LogP contribution in [-0.4, -0.2) is 68.7 Å². The van der Waals surface area contributed by atoms with E-state index in [1.165, 1.54) is 22.7 Å². The second-order valence-corrected chi connectivity index (χ2v) is 7.15. The first kappa shape index (κ1) is 16.9. The third-order valence-electron chi connectivity index (χ3n) is 3.38. The van der Waals surface area contributed by atoms with Crippen molar-refractivity contribution in [3.05, 3.63) is 0 Å². The smallest absolute Gasteiger partial charge is 0.281 e. The van der Waals surface area contributed by atoms with Gasteiger partial charge in [0.15, 0.2) is 0 Å². The molecule has 0 spiro atoms. The lowest BCUT2D eigenvalue weighted by atomic mass is 10.0. The molecule has 20 heavy (non-hydrogen) atoms. The Hall–Kier alpha value is -1.19. The zero-order chi connectivity index (χ0) is 15.2. The van der Waals surface area contributed by atoms with E-state index in [0.29, 0.717) is 45.6 Å². The summed E-state index contributed by atoms with van der Waals surface area (Å²) >= 11 is 0. The van der Waals surface area contributed by atoms with Crippen LogP contribution < -0.4 is 0 Å². The Morgan fingerprint density at radius 3 is 2.25 bits per heavy atom. The molecule has 112 valence electrons. The van der Waals surface area contributed by atoms with Gasteiger partial charge in [0.05, 0.1) is 18.1 Å². The highest BCUT2D eigenvalue weighted by Crippen LogP contribution is 2.13. The molecule has 1 aliphatic rings. The fraction of sp³-hybridized carbons (Fsp3) is 0.833. The van der Waals surface area contributed by atoms with Crippen LogP contribution >= 0.6 is 0 Å². The zero-order valence-corrected chi connectivity index (χ0v) is 12.8. The quantitative estimate of drug-likeness (QED) is 0.680. The molecule has 0 aromatic heterocycles. The molecule has 0 radical (unpaired) electrons. The van der Waals surface area contributed by atoms with Crippen molar-refractivity contribution in [1.29, 1.82) is 10.5 Å². The van der Waals surface area contributed by atoms with Gasteiger partial charge in [-0.3, -0.25) is 4.90 Å². The summed E-state index contributed by atoms with van der Waals surface area (Å²) in [5.41, 5.74) is 0. The molecule has 0 aromatic rings. The van der Waals surface area contributed by atoms with Crippen molar-refractivity contribution in [3.8, 4) is 12.1 Å². The molecule has 1 atom stereocenters. The summed E-state index contributed by atoms with van der Waals surface area (Å²) in [6, 6.07) is 4.26. The van der Waals surface area contributed by atoms with E-state index < -0.39 is 10.2 Å². The Labute approximate surface area is 121 Å². The first-order valence-corrected chi connectivity index (χ1v) is 7.98. The molecule has 0 aromatic carbocycles. The van der Waals surface area contributed by atoms with E-state index in [1.807, 2.05) is 6.07 Å². The van der Waals surface area contributed by atoms with E-state index in [4.69, 9.17) is 10.5 Å². The third-order valence-corrected chi connectivity index (χ3v) is 5.33. The fourth-order valence-corrected chi connectivity index (χ4v) is 3.21.